The number of hydrogen-bond acceptors (Lipinski definition) is 5. The Morgan fingerprint density at radius 3 is 2.67 bits per heavy atom. The summed E-state index contributed by atoms with van der Waals surface area (Å²) in [5.74, 6) is -0.503. The van der Waals surface area contributed by atoms with Crippen LogP contribution in [0.15, 0.2) is 29.2 Å². The zero-order chi connectivity index (χ0) is 15.6. The van der Waals surface area contributed by atoms with E-state index in [1.54, 1.807) is 12.1 Å². The van der Waals surface area contributed by atoms with Gasteiger partial charge in [0, 0.05) is 12.6 Å². The van der Waals surface area contributed by atoms with Crippen molar-refractivity contribution in [1.29, 1.82) is 0 Å². The number of nitrogens with zero attached hydrogens (tertiary/aromatic N) is 1. The van der Waals surface area contributed by atoms with E-state index in [1.807, 2.05) is 6.92 Å². The minimum absolute atomic E-state index is 0.0126. The molecule has 2 rings (SSSR count). The van der Waals surface area contributed by atoms with Gasteiger partial charge in [-0.1, -0.05) is 12.1 Å². The van der Waals surface area contributed by atoms with E-state index in [0.29, 0.717) is 13.1 Å². The molecule has 2 N–H and O–H groups in total. The first kappa shape index (κ1) is 15.9. The zero-order valence-corrected chi connectivity index (χ0v) is 13.0. The predicted molar refractivity (Wildman–Crippen MR) is 78.3 cm³/mol. The third kappa shape index (κ3) is 2.95. The molecule has 0 aromatic heterocycles. The Morgan fingerprint density at radius 2 is 2.10 bits per heavy atom. The monoisotopic (exact) mass is 312 g/mol. The normalized spacial score (nSPS) is 23.2. The van der Waals surface area contributed by atoms with Gasteiger partial charge in [-0.15, -0.1) is 0 Å². The van der Waals surface area contributed by atoms with Crippen LogP contribution >= 0.6 is 0 Å². The van der Waals surface area contributed by atoms with E-state index < -0.39 is 16.0 Å². The van der Waals surface area contributed by atoms with E-state index in [-0.39, 0.29) is 22.4 Å². The summed E-state index contributed by atoms with van der Waals surface area (Å²) in [6, 6.07) is 5.97. The molecule has 1 saturated heterocycles. The van der Waals surface area contributed by atoms with Gasteiger partial charge in [0.2, 0.25) is 10.0 Å². The lowest BCUT2D eigenvalue weighted by Gasteiger charge is -2.22. The maximum Gasteiger partial charge on any atom is 0.339 e. The fourth-order valence-electron chi connectivity index (χ4n) is 2.71. The second kappa shape index (κ2) is 6.13. The van der Waals surface area contributed by atoms with E-state index in [0.717, 1.165) is 6.42 Å². The van der Waals surface area contributed by atoms with Crippen LogP contribution in [0.1, 0.15) is 23.7 Å². The quantitative estimate of drug-likeness (QED) is 0.832. The van der Waals surface area contributed by atoms with Gasteiger partial charge in [0.15, 0.2) is 0 Å². The van der Waals surface area contributed by atoms with Crippen LogP contribution in [0.5, 0.6) is 0 Å². The lowest BCUT2D eigenvalue weighted by Crippen LogP contribution is -2.35. The van der Waals surface area contributed by atoms with Crippen molar-refractivity contribution in [3.8, 4) is 0 Å². The molecule has 116 valence electrons. The van der Waals surface area contributed by atoms with Crippen molar-refractivity contribution in [2.45, 2.75) is 24.3 Å². The lowest BCUT2D eigenvalue weighted by molar-refractivity contribution is 0.0596. The van der Waals surface area contributed by atoms with Crippen molar-refractivity contribution in [3.63, 3.8) is 0 Å². The van der Waals surface area contributed by atoms with Crippen molar-refractivity contribution in [2.24, 2.45) is 11.7 Å². The highest BCUT2D eigenvalue weighted by atomic mass is 32.2. The number of nitrogens with two attached hydrogens (primary N) is 1. The molecule has 0 spiro atoms. The number of esters is 1. The molecule has 0 aliphatic carbocycles. The van der Waals surface area contributed by atoms with Crippen LogP contribution in [-0.2, 0) is 14.8 Å². The molecule has 1 aliphatic heterocycles. The zero-order valence-electron chi connectivity index (χ0n) is 12.2. The highest BCUT2D eigenvalue weighted by Crippen LogP contribution is 2.30. The van der Waals surface area contributed by atoms with Crippen LogP contribution < -0.4 is 5.73 Å². The van der Waals surface area contributed by atoms with Crippen LogP contribution in [0.4, 0.5) is 0 Å². The smallest absolute Gasteiger partial charge is 0.339 e. The minimum atomic E-state index is -3.74. The van der Waals surface area contributed by atoms with Gasteiger partial charge in [0.25, 0.3) is 0 Å². The Balaban J connectivity index is 2.43. The number of carbonyl (C=O) groups excluding carboxylic acids is 1. The van der Waals surface area contributed by atoms with Gasteiger partial charge in [-0.2, -0.15) is 4.31 Å². The molecule has 7 heteroatoms. The summed E-state index contributed by atoms with van der Waals surface area (Å²) >= 11 is 0. The Hall–Kier alpha value is -1.44. The summed E-state index contributed by atoms with van der Waals surface area (Å²) in [7, 11) is -2.51. The molecule has 2 atom stereocenters. The van der Waals surface area contributed by atoms with E-state index in [9.17, 15) is 13.2 Å². The number of benzene rings is 1. The first-order valence-corrected chi connectivity index (χ1v) is 8.25. The number of carbonyl (C=O) groups is 1. The second-order valence-corrected chi connectivity index (χ2v) is 7.11. The summed E-state index contributed by atoms with van der Waals surface area (Å²) in [4.78, 5) is 11.8. The summed E-state index contributed by atoms with van der Waals surface area (Å²) in [6.45, 7) is 2.69. The highest BCUT2D eigenvalue weighted by molar-refractivity contribution is 7.89. The van der Waals surface area contributed by atoms with Gasteiger partial charge in [-0.25, -0.2) is 13.2 Å². The molecule has 21 heavy (non-hydrogen) atoms. The molecule has 2 unspecified atom stereocenters. The summed E-state index contributed by atoms with van der Waals surface area (Å²) in [5.41, 5.74) is 5.70. The topological polar surface area (TPSA) is 89.7 Å². The standard InChI is InChI=1S/C14H20N2O4S/c1-10-7-11(8-15)9-16(10)21(18,19)13-6-4-3-5-12(13)14(17)20-2/h3-6,10-11H,7-9,15H2,1-2H3. The molecular formula is C14H20N2O4S. The largest absolute Gasteiger partial charge is 0.465 e. The third-order valence-corrected chi connectivity index (χ3v) is 5.85. The molecule has 1 heterocycles. The summed E-state index contributed by atoms with van der Waals surface area (Å²) in [6.07, 6.45) is 0.732. The highest BCUT2D eigenvalue weighted by Gasteiger charge is 2.38. The van der Waals surface area contributed by atoms with Gasteiger partial charge >= 0.3 is 5.97 Å². The molecule has 0 radical (unpaired) electrons. The van der Waals surface area contributed by atoms with E-state index in [4.69, 9.17) is 5.73 Å². The molecule has 1 aromatic rings. The SMILES string of the molecule is COC(=O)c1ccccc1S(=O)(=O)N1CC(CN)CC1C. The Bertz CT molecular complexity index is 630. The summed E-state index contributed by atoms with van der Waals surface area (Å²) in [5, 5.41) is 0. The van der Waals surface area contributed by atoms with Crippen LogP contribution in [0, 0.1) is 5.92 Å². The fourth-order valence-corrected chi connectivity index (χ4v) is 4.61. The maximum atomic E-state index is 12.8. The van der Waals surface area contributed by atoms with Gasteiger partial charge in [-0.05, 0) is 37.9 Å². The van der Waals surface area contributed by atoms with Crippen LogP contribution in [0.25, 0.3) is 0 Å². The van der Waals surface area contributed by atoms with E-state index in [1.165, 1.54) is 23.5 Å². The maximum absolute atomic E-state index is 12.8. The summed E-state index contributed by atoms with van der Waals surface area (Å²) < 4.78 is 31.7. The van der Waals surface area contributed by atoms with E-state index >= 15 is 0 Å². The van der Waals surface area contributed by atoms with Crippen molar-refractivity contribution in [2.75, 3.05) is 20.2 Å². The molecule has 6 nitrogen and oxygen atoms in total. The molecule has 1 aliphatic rings. The fraction of sp³-hybridized carbons (Fsp3) is 0.500. The first-order chi connectivity index (χ1) is 9.91. The van der Waals surface area contributed by atoms with Gasteiger partial charge in [0.05, 0.1) is 17.6 Å². The molecule has 0 saturated carbocycles. The van der Waals surface area contributed by atoms with Crippen LogP contribution in [-0.4, -0.2) is 44.9 Å². The van der Waals surface area contributed by atoms with Crippen molar-refractivity contribution < 1.29 is 17.9 Å². The lowest BCUT2D eigenvalue weighted by atomic mass is 10.1. The Labute approximate surface area is 124 Å². The average molecular weight is 312 g/mol. The number of hydrogen-bond donors (Lipinski definition) is 1. The molecule has 1 aromatic carbocycles. The minimum Gasteiger partial charge on any atom is -0.465 e. The third-order valence-electron chi connectivity index (χ3n) is 3.82. The van der Waals surface area contributed by atoms with Gasteiger partial charge in [0.1, 0.15) is 0 Å². The Morgan fingerprint density at radius 1 is 1.43 bits per heavy atom. The van der Waals surface area contributed by atoms with E-state index in [2.05, 4.69) is 4.74 Å². The van der Waals surface area contributed by atoms with Crippen molar-refractivity contribution in [1.82, 2.24) is 4.31 Å². The van der Waals surface area contributed by atoms with Crippen LogP contribution in [0.3, 0.4) is 0 Å². The molecule has 1 fully saturated rings. The van der Waals surface area contributed by atoms with Crippen molar-refractivity contribution >= 4 is 16.0 Å². The first-order valence-electron chi connectivity index (χ1n) is 6.81. The van der Waals surface area contributed by atoms with Gasteiger partial charge < -0.3 is 10.5 Å². The Kier molecular flexibility index (Phi) is 4.65. The number of methoxy groups -OCH3 is 1. The molecule has 0 bridgehead atoms. The van der Waals surface area contributed by atoms with Gasteiger partial charge in [-0.3, -0.25) is 0 Å². The molecular weight excluding hydrogens is 292 g/mol. The number of rotatable bonds is 4. The number of sulfonamides is 1. The van der Waals surface area contributed by atoms with Crippen LogP contribution in [0.2, 0.25) is 0 Å². The number of ether oxygens (including phenoxy) is 1. The predicted octanol–water partition coefficient (Wildman–Crippen LogP) is 0.831. The molecule has 0 amide bonds. The van der Waals surface area contributed by atoms with Crippen molar-refractivity contribution in [3.05, 3.63) is 29.8 Å². The average Bonchev–Trinajstić information content (AvgIpc) is 2.88. The second-order valence-electron chi connectivity index (χ2n) is 5.25.